The van der Waals surface area contributed by atoms with Gasteiger partial charge in [0.15, 0.2) is 11.5 Å². The topological polar surface area (TPSA) is 111 Å². The quantitative estimate of drug-likeness (QED) is 0.241. The third kappa shape index (κ3) is 6.65. The molecule has 0 aliphatic carbocycles. The van der Waals surface area contributed by atoms with Gasteiger partial charge in [-0.25, -0.2) is 8.42 Å². The first-order valence-corrected chi connectivity index (χ1v) is 15.3. The Hall–Kier alpha value is -4.05. The van der Waals surface area contributed by atoms with Crippen molar-refractivity contribution in [2.75, 3.05) is 23.9 Å². The van der Waals surface area contributed by atoms with Gasteiger partial charge in [0.25, 0.3) is 0 Å². The summed E-state index contributed by atoms with van der Waals surface area (Å²) >= 11 is 0. The molecule has 4 aromatic carbocycles. The lowest BCUT2D eigenvalue weighted by atomic mass is 9.97. The number of hydrogen-bond acceptors (Lipinski definition) is 7. The monoisotopic (exact) mass is 574 g/mol. The number of hydrogen-bond donors (Lipinski definition) is 2. The van der Waals surface area contributed by atoms with E-state index in [0.29, 0.717) is 41.3 Å². The molecule has 9 heteroatoms. The SMILES string of the molecule is CS(=O)(=O)N(c1cccc(C(O)CCN)c1OCc1ccccc1)C(Cc1ccccc1)c1ccc2c(c1)OCO2. The summed E-state index contributed by atoms with van der Waals surface area (Å²) in [5, 5.41) is 11.0. The van der Waals surface area contributed by atoms with E-state index in [-0.39, 0.29) is 19.9 Å². The van der Waals surface area contributed by atoms with Crippen LogP contribution < -0.4 is 24.2 Å². The van der Waals surface area contributed by atoms with Gasteiger partial charge in [0.2, 0.25) is 16.8 Å². The average molecular weight is 575 g/mol. The number of aliphatic hydroxyl groups excluding tert-OH is 1. The smallest absolute Gasteiger partial charge is 0.232 e. The van der Waals surface area contributed by atoms with Gasteiger partial charge < -0.3 is 25.1 Å². The third-order valence-corrected chi connectivity index (χ3v) is 8.15. The Morgan fingerprint density at radius 1 is 0.902 bits per heavy atom. The summed E-state index contributed by atoms with van der Waals surface area (Å²) in [6, 6.07) is 29.3. The number of aliphatic hydroxyl groups is 1. The molecule has 0 bridgehead atoms. The zero-order valence-corrected chi connectivity index (χ0v) is 23.7. The molecule has 0 aromatic heterocycles. The lowest BCUT2D eigenvalue weighted by Gasteiger charge is -2.34. The Kier molecular flexibility index (Phi) is 8.78. The summed E-state index contributed by atoms with van der Waals surface area (Å²) in [7, 11) is -3.88. The molecule has 0 saturated heterocycles. The highest BCUT2D eigenvalue weighted by atomic mass is 32.2. The summed E-state index contributed by atoms with van der Waals surface area (Å²) in [5.74, 6) is 1.46. The standard InChI is InChI=1S/C32H34N2O6S/c1-41(36,37)34(28(19-23-9-4-2-5-10-23)25-15-16-30-31(20-25)40-22-39-30)27-14-8-13-26(29(35)17-18-33)32(27)38-21-24-11-6-3-7-12-24/h2-16,20,28-29,35H,17-19,21-22,33H2,1H3. The number of ether oxygens (including phenoxy) is 3. The molecule has 0 amide bonds. The second-order valence-corrected chi connectivity index (χ2v) is 11.8. The van der Waals surface area contributed by atoms with Crippen LogP contribution in [-0.4, -0.2) is 33.1 Å². The van der Waals surface area contributed by atoms with Gasteiger partial charge in [-0.2, -0.15) is 0 Å². The molecule has 2 atom stereocenters. The third-order valence-electron chi connectivity index (χ3n) is 6.98. The second kappa shape index (κ2) is 12.6. The van der Waals surface area contributed by atoms with Crippen molar-refractivity contribution in [2.24, 2.45) is 5.73 Å². The second-order valence-electron chi connectivity index (χ2n) is 9.94. The van der Waals surface area contributed by atoms with Crippen LogP contribution in [0.4, 0.5) is 5.69 Å². The van der Waals surface area contributed by atoms with Crippen molar-refractivity contribution in [1.29, 1.82) is 0 Å². The maximum Gasteiger partial charge on any atom is 0.232 e. The first-order chi connectivity index (χ1) is 19.8. The van der Waals surface area contributed by atoms with Crippen LogP contribution in [0, 0.1) is 0 Å². The maximum absolute atomic E-state index is 13.7. The molecule has 8 nitrogen and oxygen atoms in total. The first-order valence-electron chi connectivity index (χ1n) is 13.5. The molecule has 0 spiro atoms. The van der Waals surface area contributed by atoms with Gasteiger partial charge in [-0.05, 0) is 54.3 Å². The zero-order valence-electron chi connectivity index (χ0n) is 22.8. The van der Waals surface area contributed by atoms with Gasteiger partial charge in [-0.1, -0.05) is 78.9 Å². The van der Waals surface area contributed by atoms with Crippen LogP contribution in [0.2, 0.25) is 0 Å². The van der Waals surface area contributed by atoms with E-state index in [9.17, 15) is 13.5 Å². The van der Waals surface area contributed by atoms with Gasteiger partial charge in [-0.15, -0.1) is 0 Å². The van der Waals surface area contributed by atoms with Crippen molar-refractivity contribution >= 4 is 15.7 Å². The minimum atomic E-state index is -3.88. The molecule has 4 aromatic rings. The van der Waals surface area contributed by atoms with E-state index in [0.717, 1.165) is 16.7 Å². The van der Waals surface area contributed by atoms with Crippen molar-refractivity contribution in [2.45, 2.75) is 31.6 Å². The van der Waals surface area contributed by atoms with E-state index >= 15 is 0 Å². The Balaban J connectivity index is 1.67. The van der Waals surface area contributed by atoms with Crippen LogP contribution in [0.15, 0.2) is 97.1 Å². The van der Waals surface area contributed by atoms with Gasteiger partial charge in [0.1, 0.15) is 12.4 Å². The molecule has 0 saturated carbocycles. The number of anilines is 1. The van der Waals surface area contributed by atoms with Crippen LogP contribution in [-0.2, 0) is 23.1 Å². The largest absolute Gasteiger partial charge is 0.486 e. The number of fused-ring (bicyclic) bond motifs is 1. The van der Waals surface area contributed by atoms with E-state index in [1.807, 2.05) is 72.8 Å². The van der Waals surface area contributed by atoms with Gasteiger partial charge in [0, 0.05) is 5.56 Å². The van der Waals surface area contributed by atoms with Crippen molar-refractivity contribution in [3.05, 3.63) is 119 Å². The Morgan fingerprint density at radius 2 is 1.59 bits per heavy atom. The van der Waals surface area contributed by atoms with Gasteiger partial charge in [0.05, 0.1) is 24.1 Å². The van der Waals surface area contributed by atoms with E-state index in [1.54, 1.807) is 24.3 Å². The summed E-state index contributed by atoms with van der Waals surface area (Å²) in [4.78, 5) is 0. The highest BCUT2D eigenvalue weighted by molar-refractivity contribution is 7.92. The van der Waals surface area contributed by atoms with Crippen molar-refractivity contribution in [3.63, 3.8) is 0 Å². The average Bonchev–Trinajstić information content (AvgIpc) is 3.45. The number of nitrogens with zero attached hydrogens (tertiary/aromatic N) is 1. The lowest BCUT2D eigenvalue weighted by molar-refractivity contribution is 0.163. The van der Waals surface area contributed by atoms with Gasteiger partial charge in [-0.3, -0.25) is 4.31 Å². The predicted molar refractivity (Wildman–Crippen MR) is 159 cm³/mol. The first kappa shape index (κ1) is 28.5. The molecule has 0 radical (unpaired) electrons. The van der Waals surface area contributed by atoms with Gasteiger partial charge >= 0.3 is 0 Å². The van der Waals surface area contributed by atoms with E-state index in [2.05, 4.69) is 0 Å². The Bertz CT molecular complexity index is 1560. The van der Waals surface area contributed by atoms with Crippen LogP contribution in [0.3, 0.4) is 0 Å². The molecule has 41 heavy (non-hydrogen) atoms. The summed E-state index contributed by atoms with van der Waals surface area (Å²) in [6.07, 6.45) is 0.910. The van der Waals surface area contributed by atoms with Crippen LogP contribution in [0.25, 0.3) is 0 Å². The Morgan fingerprint density at radius 3 is 2.27 bits per heavy atom. The fraction of sp³-hybridized carbons (Fsp3) is 0.250. The van der Waals surface area contributed by atoms with Crippen molar-refractivity contribution < 1.29 is 27.7 Å². The normalized spacial score (nSPS) is 13.9. The van der Waals surface area contributed by atoms with Crippen molar-refractivity contribution in [1.82, 2.24) is 0 Å². The molecule has 3 N–H and O–H groups in total. The molecule has 2 unspecified atom stereocenters. The predicted octanol–water partition coefficient (Wildman–Crippen LogP) is 5.13. The van der Waals surface area contributed by atoms with Crippen LogP contribution in [0.5, 0.6) is 17.2 Å². The number of rotatable bonds is 12. The zero-order chi connectivity index (χ0) is 28.8. The fourth-order valence-electron chi connectivity index (χ4n) is 5.05. The molecule has 1 aliphatic rings. The molecule has 214 valence electrons. The molecule has 5 rings (SSSR count). The highest BCUT2D eigenvalue weighted by Gasteiger charge is 2.33. The maximum atomic E-state index is 13.7. The molecule has 0 fully saturated rings. The molecule has 1 heterocycles. The summed E-state index contributed by atoms with van der Waals surface area (Å²) in [5.41, 5.74) is 9.17. The number of benzene rings is 4. The molecular formula is C32H34N2O6S. The summed E-state index contributed by atoms with van der Waals surface area (Å²) < 4.78 is 46.4. The summed E-state index contributed by atoms with van der Waals surface area (Å²) in [6.45, 7) is 0.550. The number of nitrogens with two attached hydrogens (primary N) is 1. The van der Waals surface area contributed by atoms with E-state index in [1.165, 1.54) is 10.6 Å². The highest BCUT2D eigenvalue weighted by Crippen LogP contribution is 2.44. The van der Waals surface area contributed by atoms with E-state index < -0.39 is 22.2 Å². The fourth-order valence-corrected chi connectivity index (χ4v) is 6.21. The Labute approximate surface area is 241 Å². The lowest BCUT2D eigenvalue weighted by Crippen LogP contribution is -2.36. The minimum Gasteiger partial charge on any atom is -0.486 e. The molecular weight excluding hydrogens is 540 g/mol. The number of sulfonamides is 1. The molecule has 1 aliphatic heterocycles. The van der Waals surface area contributed by atoms with E-state index in [4.69, 9.17) is 19.9 Å². The minimum absolute atomic E-state index is 0.108. The van der Waals surface area contributed by atoms with Crippen molar-refractivity contribution in [3.8, 4) is 17.2 Å². The van der Waals surface area contributed by atoms with Crippen LogP contribution >= 0.6 is 0 Å². The number of para-hydroxylation sites is 1. The van der Waals surface area contributed by atoms with Crippen LogP contribution in [0.1, 0.15) is 40.8 Å².